The zero-order chi connectivity index (χ0) is 21.7. The molecule has 0 radical (unpaired) electrons. The number of amides is 1. The second-order valence-corrected chi connectivity index (χ2v) is 9.80. The fourth-order valence-corrected chi connectivity index (χ4v) is 4.93. The molecule has 1 saturated heterocycles. The second kappa shape index (κ2) is 9.57. The highest BCUT2D eigenvalue weighted by molar-refractivity contribution is 7.89. The Balaban J connectivity index is 1.49. The average molecular weight is 433 g/mol. The summed E-state index contributed by atoms with van der Waals surface area (Å²) in [6.45, 7) is 3.76. The Morgan fingerprint density at radius 3 is 2.50 bits per heavy atom. The predicted molar refractivity (Wildman–Crippen MR) is 115 cm³/mol. The van der Waals surface area contributed by atoms with Crippen molar-refractivity contribution in [1.82, 2.24) is 9.62 Å². The quantitative estimate of drug-likeness (QED) is 0.679. The standard InChI is InChI=1S/C22H28N2O5S/c1-3-30(27,28)24-13-11-18(12-14-24)22(26)29-15-21(25)23-16(2)19-10-6-8-17-7-4-5-9-20(17)19/h4-10,16,18H,3,11-15H2,1-2H3,(H,23,25). The van der Waals surface area contributed by atoms with Crippen molar-refractivity contribution in [1.29, 1.82) is 0 Å². The van der Waals surface area contributed by atoms with Gasteiger partial charge in [0, 0.05) is 13.1 Å². The molecule has 0 saturated carbocycles. The van der Waals surface area contributed by atoms with Crippen LogP contribution in [-0.2, 0) is 24.3 Å². The lowest BCUT2D eigenvalue weighted by molar-refractivity contribution is -0.153. The first kappa shape index (κ1) is 22.2. The van der Waals surface area contributed by atoms with Crippen molar-refractivity contribution in [2.75, 3.05) is 25.4 Å². The van der Waals surface area contributed by atoms with Gasteiger partial charge in [0.25, 0.3) is 5.91 Å². The zero-order valence-electron chi connectivity index (χ0n) is 17.3. The van der Waals surface area contributed by atoms with Crippen molar-refractivity contribution >= 4 is 32.7 Å². The van der Waals surface area contributed by atoms with Crippen LogP contribution in [0.4, 0.5) is 0 Å². The maximum absolute atomic E-state index is 12.3. The molecule has 8 heteroatoms. The van der Waals surface area contributed by atoms with Crippen LogP contribution in [0.3, 0.4) is 0 Å². The van der Waals surface area contributed by atoms with Crippen LogP contribution in [0.2, 0.25) is 0 Å². The van der Waals surface area contributed by atoms with Gasteiger partial charge in [-0.25, -0.2) is 12.7 Å². The van der Waals surface area contributed by atoms with Crippen LogP contribution < -0.4 is 5.32 Å². The summed E-state index contributed by atoms with van der Waals surface area (Å²) in [7, 11) is -3.23. The summed E-state index contributed by atoms with van der Waals surface area (Å²) in [5, 5.41) is 5.04. The van der Waals surface area contributed by atoms with Crippen LogP contribution in [0.1, 0.15) is 38.3 Å². The molecule has 1 aliphatic rings. The first-order chi connectivity index (χ1) is 14.3. The van der Waals surface area contributed by atoms with E-state index in [-0.39, 0.29) is 30.2 Å². The summed E-state index contributed by atoms with van der Waals surface area (Å²) in [6, 6.07) is 13.7. The van der Waals surface area contributed by atoms with Gasteiger partial charge < -0.3 is 10.1 Å². The van der Waals surface area contributed by atoms with Gasteiger partial charge in [0.15, 0.2) is 6.61 Å². The maximum atomic E-state index is 12.3. The number of fused-ring (bicyclic) bond motifs is 1. The molecule has 1 fully saturated rings. The summed E-state index contributed by atoms with van der Waals surface area (Å²) in [5.41, 5.74) is 0.997. The normalized spacial score (nSPS) is 16.9. The largest absolute Gasteiger partial charge is 0.455 e. The summed E-state index contributed by atoms with van der Waals surface area (Å²) in [5.74, 6) is -1.14. The van der Waals surface area contributed by atoms with Crippen molar-refractivity contribution < 1.29 is 22.7 Å². The van der Waals surface area contributed by atoms with Gasteiger partial charge in [-0.05, 0) is 43.0 Å². The van der Waals surface area contributed by atoms with Gasteiger partial charge in [-0.2, -0.15) is 0 Å². The van der Waals surface area contributed by atoms with Crippen LogP contribution in [-0.4, -0.2) is 50.0 Å². The summed E-state index contributed by atoms with van der Waals surface area (Å²) in [4.78, 5) is 24.6. The SMILES string of the molecule is CCS(=O)(=O)N1CCC(C(=O)OCC(=O)NC(C)c2cccc3ccccc23)CC1. The number of hydrogen-bond donors (Lipinski definition) is 1. The molecule has 1 unspecified atom stereocenters. The van der Waals surface area contributed by atoms with Gasteiger partial charge >= 0.3 is 5.97 Å². The fourth-order valence-electron chi connectivity index (χ4n) is 3.80. The highest BCUT2D eigenvalue weighted by Crippen LogP contribution is 2.24. The number of hydrogen-bond acceptors (Lipinski definition) is 5. The minimum atomic E-state index is -3.23. The number of piperidine rings is 1. The molecule has 7 nitrogen and oxygen atoms in total. The number of nitrogens with one attached hydrogen (secondary N) is 1. The smallest absolute Gasteiger partial charge is 0.309 e. The van der Waals surface area contributed by atoms with Crippen LogP contribution in [0.25, 0.3) is 10.8 Å². The van der Waals surface area contributed by atoms with Crippen molar-refractivity contribution in [2.45, 2.75) is 32.7 Å². The van der Waals surface area contributed by atoms with E-state index in [0.29, 0.717) is 25.9 Å². The monoisotopic (exact) mass is 432 g/mol. The van der Waals surface area contributed by atoms with Crippen LogP contribution in [0, 0.1) is 5.92 Å². The van der Waals surface area contributed by atoms with E-state index in [4.69, 9.17) is 4.74 Å². The molecule has 1 N–H and O–H groups in total. The maximum Gasteiger partial charge on any atom is 0.309 e. The minimum Gasteiger partial charge on any atom is -0.455 e. The minimum absolute atomic E-state index is 0.0527. The van der Waals surface area contributed by atoms with Gasteiger partial charge in [0.2, 0.25) is 10.0 Å². The number of rotatable bonds is 7. The molecule has 2 aromatic rings. The molecule has 1 aliphatic heterocycles. The predicted octanol–water partition coefficient (Wildman–Crippen LogP) is 2.62. The van der Waals surface area contributed by atoms with E-state index in [9.17, 15) is 18.0 Å². The van der Waals surface area contributed by atoms with Crippen LogP contribution in [0.5, 0.6) is 0 Å². The second-order valence-electron chi connectivity index (χ2n) is 7.54. The molecule has 0 spiro atoms. The number of sulfonamides is 1. The Bertz CT molecular complexity index is 1010. The number of benzene rings is 2. The van der Waals surface area contributed by atoms with E-state index < -0.39 is 16.0 Å². The number of ether oxygens (including phenoxy) is 1. The molecular weight excluding hydrogens is 404 g/mol. The van der Waals surface area contributed by atoms with E-state index in [2.05, 4.69) is 5.32 Å². The lowest BCUT2D eigenvalue weighted by Gasteiger charge is -2.29. The first-order valence-corrected chi connectivity index (χ1v) is 11.8. The third-order valence-corrected chi connectivity index (χ3v) is 7.44. The molecule has 2 aromatic carbocycles. The third kappa shape index (κ3) is 5.17. The van der Waals surface area contributed by atoms with Crippen molar-refractivity contribution in [3.05, 3.63) is 48.0 Å². The molecule has 1 heterocycles. The molecule has 0 aliphatic carbocycles. The molecule has 1 amide bonds. The molecule has 162 valence electrons. The molecular formula is C22H28N2O5S. The molecule has 1 atom stereocenters. The van der Waals surface area contributed by atoms with E-state index in [1.807, 2.05) is 49.4 Å². The lowest BCUT2D eigenvalue weighted by Crippen LogP contribution is -2.41. The number of carbonyl (C=O) groups excluding carboxylic acids is 2. The average Bonchev–Trinajstić information content (AvgIpc) is 2.77. The van der Waals surface area contributed by atoms with E-state index in [0.717, 1.165) is 16.3 Å². The van der Waals surface area contributed by atoms with E-state index >= 15 is 0 Å². The van der Waals surface area contributed by atoms with Crippen LogP contribution in [0.15, 0.2) is 42.5 Å². The molecule has 0 bridgehead atoms. The van der Waals surface area contributed by atoms with E-state index in [1.165, 1.54) is 4.31 Å². The number of carbonyl (C=O) groups is 2. The topological polar surface area (TPSA) is 92.8 Å². The summed E-state index contributed by atoms with van der Waals surface area (Å²) < 4.78 is 30.4. The zero-order valence-corrected chi connectivity index (χ0v) is 18.2. The van der Waals surface area contributed by atoms with Crippen molar-refractivity contribution in [2.24, 2.45) is 5.92 Å². The van der Waals surface area contributed by atoms with Gasteiger partial charge in [-0.3, -0.25) is 9.59 Å². The third-order valence-electron chi connectivity index (χ3n) is 5.56. The number of esters is 1. The van der Waals surface area contributed by atoms with Gasteiger partial charge in [-0.1, -0.05) is 42.5 Å². The van der Waals surface area contributed by atoms with Crippen molar-refractivity contribution in [3.8, 4) is 0 Å². The summed E-state index contributed by atoms with van der Waals surface area (Å²) >= 11 is 0. The van der Waals surface area contributed by atoms with Crippen LogP contribution >= 0.6 is 0 Å². The summed E-state index contributed by atoms with van der Waals surface area (Å²) in [6.07, 6.45) is 0.818. The highest BCUT2D eigenvalue weighted by atomic mass is 32.2. The Morgan fingerprint density at radius 1 is 1.13 bits per heavy atom. The highest BCUT2D eigenvalue weighted by Gasteiger charge is 2.31. The Hall–Kier alpha value is -2.45. The van der Waals surface area contributed by atoms with Gasteiger partial charge in [-0.15, -0.1) is 0 Å². The van der Waals surface area contributed by atoms with Gasteiger partial charge in [0.05, 0.1) is 17.7 Å². The molecule has 3 rings (SSSR count). The van der Waals surface area contributed by atoms with Gasteiger partial charge in [0.1, 0.15) is 0 Å². The Labute approximate surface area is 177 Å². The Morgan fingerprint density at radius 2 is 1.80 bits per heavy atom. The van der Waals surface area contributed by atoms with Crippen molar-refractivity contribution in [3.63, 3.8) is 0 Å². The molecule has 30 heavy (non-hydrogen) atoms. The Kier molecular flexibility index (Phi) is 7.10. The van der Waals surface area contributed by atoms with E-state index in [1.54, 1.807) is 6.92 Å². The first-order valence-electron chi connectivity index (χ1n) is 10.2. The molecule has 0 aromatic heterocycles. The number of nitrogens with zero attached hydrogens (tertiary/aromatic N) is 1. The fraction of sp³-hybridized carbons (Fsp3) is 0.455. The lowest BCUT2D eigenvalue weighted by atomic mass is 9.98.